The monoisotopic (exact) mass is 360 g/mol. The number of rotatable bonds is 4. The van der Waals surface area contributed by atoms with Crippen molar-refractivity contribution in [2.45, 2.75) is 38.1 Å². The van der Waals surface area contributed by atoms with E-state index < -0.39 is 27.3 Å². The first kappa shape index (κ1) is 18.3. The first-order valence-corrected chi connectivity index (χ1v) is 8.73. The van der Waals surface area contributed by atoms with Gasteiger partial charge in [0, 0.05) is 17.5 Å². The molecule has 0 fully saturated rings. The third kappa shape index (κ3) is 3.73. The van der Waals surface area contributed by atoms with Crippen molar-refractivity contribution < 1.29 is 30.6 Å². The van der Waals surface area contributed by atoms with Crippen LogP contribution >= 0.6 is 0 Å². The van der Waals surface area contributed by atoms with Crippen molar-refractivity contribution in [2.75, 3.05) is 0 Å². The van der Waals surface area contributed by atoms with Crippen LogP contribution in [0.3, 0.4) is 0 Å². The Morgan fingerprint density at radius 3 is 2.67 bits per heavy atom. The van der Waals surface area contributed by atoms with E-state index in [9.17, 15) is 26.4 Å². The lowest BCUT2D eigenvalue weighted by molar-refractivity contribution is -0.0500. The molecule has 0 radical (unpaired) electrons. The van der Waals surface area contributed by atoms with Gasteiger partial charge in [0.2, 0.25) is 0 Å². The van der Waals surface area contributed by atoms with Crippen LogP contribution in [0.2, 0.25) is 0 Å². The Labute approximate surface area is 138 Å². The van der Waals surface area contributed by atoms with E-state index in [4.69, 9.17) is 0 Å². The van der Waals surface area contributed by atoms with Gasteiger partial charge >= 0.3 is 15.6 Å². The van der Waals surface area contributed by atoms with Crippen molar-refractivity contribution in [3.8, 4) is 17.6 Å². The Morgan fingerprint density at radius 2 is 2.04 bits per heavy atom. The van der Waals surface area contributed by atoms with Gasteiger partial charge in [-0.15, -0.1) is 5.92 Å². The Kier molecular flexibility index (Phi) is 5.23. The highest BCUT2D eigenvalue weighted by Gasteiger charge is 2.49. The maximum atomic E-state index is 12.5. The summed E-state index contributed by atoms with van der Waals surface area (Å²) in [6, 6.07) is 3.81. The minimum atomic E-state index is -5.78. The van der Waals surface area contributed by atoms with Crippen LogP contribution in [0.4, 0.5) is 13.2 Å². The van der Waals surface area contributed by atoms with Gasteiger partial charge in [0.1, 0.15) is 5.75 Å². The van der Waals surface area contributed by atoms with Crippen LogP contribution in [-0.4, -0.2) is 19.7 Å². The second-order valence-electron chi connectivity index (χ2n) is 5.31. The Hall–Kier alpha value is -2.01. The van der Waals surface area contributed by atoms with Crippen LogP contribution in [0.25, 0.3) is 0 Å². The standard InChI is InChI=1S/C16H15F3O4S/c1-2-3-4-5-7-11-10-13-12(15(11)20)8-6-9-14(13)23-24(21,22)16(17,18)19/h6,8-9,11H,2-4,10H2,1H3. The minimum absolute atomic E-state index is 0.0385. The first-order valence-electron chi connectivity index (χ1n) is 7.32. The number of hydrogen-bond acceptors (Lipinski definition) is 4. The fraction of sp³-hybridized carbons (Fsp3) is 0.438. The van der Waals surface area contributed by atoms with Crippen LogP contribution in [0.5, 0.6) is 5.75 Å². The largest absolute Gasteiger partial charge is 0.534 e. The third-order valence-corrected chi connectivity index (χ3v) is 4.50. The molecule has 1 unspecified atom stereocenters. The Morgan fingerprint density at radius 1 is 1.33 bits per heavy atom. The fourth-order valence-corrected chi connectivity index (χ4v) is 2.80. The first-order chi connectivity index (χ1) is 11.2. The zero-order valence-electron chi connectivity index (χ0n) is 12.8. The summed E-state index contributed by atoms with van der Waals surface area (Å²) in [6.45, 7) is 2.00. The van der Waals surface area contributed by atoms with Gasteiger partial charge in [0.15, 0.2) is 5.78 Å². The molecule has 0 spiro atoms. The summed E-state index contributed by atoms with van der Waals surface area (Å²) < 4.78 is 63.9. The summed E-state index contributed by atoms with van der Waals surface area (Å²) in [5.74, 6) is 4.19. The van der Waals surface area contributed by atoms with Crippen molar-refractivity contribution in [1.29, 1.82) is 0 Å². The summed E-state index contributed by atoms with van der Waals surface area (Å²) in [4.78, 5) is 12.2. The number of carbonyl (C=O) groups excluding carboxylic acids is 1. The zero-order chi connectivity index (χ0) is 18.0. The zero-order valence-corrected chi connectivity index (χ0v) is 13.6. The topological polar surface area (TPSA) is 60.4 Å². The van der Waals surface area contributed by atoms with E-state index in [-0.39, 0.29) is 23.3 Å². The molecular weight excluding hydrogens is 345 g/mol. The smallest absolute Gasteiger partial charge is 0.376 e. The van der Waals surface area contributed by atoms with E-state index in [0.29, 0.717) is 6.42 Å². The molecule has 130 valence electrons. The second kappa shape index (κ2) is 6.85. The van der Waals surface area contributed by atoms with Gasteiger partial charge in [0.05, 0.1) is 5.92 Å². The molecule has 0 saturated heterocycles. The third-order valence-electron chi connectivity index (χ3n) is 3.54. The molecule has 1 aromatic carbocycles. The van der Waals surface area contributed by atoms with Crippen molar-refractivity contribution in [2.24, 2.45) is 5.92 Å². The lowest BCUT2D eigenvalue weighted by Gasteiger charge is -2.11. The van der Waals surface area contributed by atoms with Crippen LogP contribution < -0.4 is 4.18 Å². The minimum Gasteiger partial charge on any atom is -0.376 e. The highest BCUT2D eigenvalue weighted by Crippen LogP contribution is 2.36. The average molecular weight is 360 g/mol. The van der Waals surface area contributed by atoms with Crippen molar-refractivity contribution >= 4 is 15.9 Å². The quantitative estimate of drug-likeness (QED) is 0.357. The number of halogens is 3. The summed E-state index contributed by atoms with van der Waals surface area (Å²) in [7, 11) is -5.78. The van der Waals surface area contributed by atoms with Crippen LogP contribution in [0.15, 0.2) is 18.2 Å². The molecule has 0 aliphatic heterocycles. The molecule has 4 nitrogen and oxygen atoms in total. The van der Waals surface area contributed by atoms with E-state index in [1.54, 1.807) is 0 Å². The maximum Gasteiger partial charge on any atom is 0.534 e. The molecule has 1 aliphatic carbocycles. The van der Waals surface area contributed by atoms with E-state index >= 15 is 0 Å². The number of unbranched alkanes of at least 4 members (excludes halogenated alkanes) is 2. The molecule has 1 aliphatic rings. The predicted molar refractivity (Wildman–Crippen MR) is 80.9 cm³/mol. The molecule has 0 bridgehead atoms. The second-order valence-corrected chi connectivity index (χ2v) is 6.85. The van der Waals surface area contributed by atoms with Gasteiger partial charge in [0.25, 0.3) is 0 Å². The molecule has 8 heteroatoms. The summed E-state index contributed by atoms with van der Waals surface area (Å²) >= 11 is 0. The number of hydrogen-bond donors (Lipinski definition) is 0. The lowest BCUT2D eigenvalue weighted by atomic mass is 10.1. The SMILES string of the molecule is CCCCC#CC1Cc2c(OS(=O)(=O)C(F)(F)F)cccc2C1=O. The van der Waals surface area contributed by atoms with Gasteiger partial charge < -0.3 is 4.18 Å². The number of alkyl halides is 3. The Balaban J connectivity index is 2.27. The van der Waals surface area contributed by atoms with Crippen molar-refractivity contribution in [3.05, 3.63) is 29.3 Å². The highest BCUT2D eigenvalue weighted by atomic mass is 32.2. The van der Waals surface area contributed by atoms with Gasteiger partial charge in [-0.05, 0) is 18.9 Å². The van der Waals surface area contributed by atoms with E-state index in [1.165, 1.54) is 12.1 Å². The van der Waals surface area contributed by atoms with Gasteiger partial charge in [-0.3, -0.25) is 4.79 Å². The predicted octanol–water partition coefficient (Wildman–Crippen LogP) is 3.46. The van der Waals surface area contributed by atoms with Crippen molar-refractivity contribution in [3.63, 3.8) is 0 Å². The average Bonchev–Trinajstić information content (AvgIpc) is 2.80. The molecule has 0 N–H and O–H groups in total. The van der Waals surface area contributed by atoms with Gasteiger partial charge in [-0.2, -0.15) is 21.6 Å². The molecule has 0 amide bonds. The maximum absolute atomic E-state index is 12.5. The number of carbonyl (C=O) groups is 1. The van der Waals surface area contributed by atoms with E-state index in [2.05, 4.69) is 16.0 Å². The molecular formula is C16H15F3O4S. The molecule has 2 rings (SSSR count). The van der Waals surface area contributed by atoms with E-state index in [0.717, 1.165) is 18.9 Å². The normalized spacial score (nSPS) is 17.2. The van der Waals surface area contributed by atoms with E-state index in [1.807, 2.05) is 6.92 Å². The van der Waals surface area contributed by atoms with Gasteiger partial charge in [-0.25, -0.2) is 0 Å². The molecule has 24 heavy (non-hydrogen) atoms. The number of ketones is 1. The Bertz CT molecular complexity index is 801. The highest BCUT2D eigenvalue weighted by molar-refractivity contribution is 7.88. The summed E-state index contributed by atoms with van der Waals surface area (Å²) in [6.07, 6.45) is 2.51. The lowest BCUT2D eigenvalue weighted by Crippen LogP contribution is -2.28. The summed E-state index contributed by atoms with van der Waals surface area (Å²) in [5, 5.41) is 0. The molecule has 0 aromatic heterocycles. The fourth-order valence-electron chi connectivity index (χ4n) is 2.31. The van der Waals surface area contributed by atoms with Crippen LogP contribution in [-0.2, 0) is 16.5 Å². The summed E-state index contributed by atoms with van der Waals surface area (Å²) in [5.41, 5.74) is -5.23. The molecule has 0 heterocycles. The van der Waals surface area contributed by atoms with Gasteiger partial charge in [-0.1, -0.05) is 31.4 Å². The molecule has 1 atom stereocenters. The van der Waals surface area contributed by atoms with Crippen LogP contribution in [0, 0.1) is 17.8 Å². The molecule has 0 saturated carbocycles. The number of benzene rings is 1. The number of Topliss-reactive ketones (excluding diaryl/α,β-unsaturated/α-hetero) is 1. The number of fused-ring (bicyclic) bond motifs is 1. The van der Waals surface area contributed by atoms with Crippen molar-refractivity contribution in [1.82, 2.24) is 0 Å². The molecule has 1 aromatic rings. The van der Waals surface area contributed by atoms with Crippen LogP contribution in [0.1, 0.15) is 42.1 Å².